The summed E-state index contributed by atoms with van der Waals surface area (Å²) in [5.41, 5.74) is 0. The second-order valence-corrected chi connectivity index (χ2v) is 5.58. The molecule has 0 radical (unpaired) electrons. The lowest BCUT2D eigenvalue weighted by atomic mass is 10.2. The summed E-state index contributed by atoms with van der Waals surface area (Å²) in [4.78, 5) is 34.7. The van der Waals surface area contributed by atoms with Gasteiger partial charge in [0.05, 0.1) is 0 Å². The van der Waals surface area contributed by atoms with Crippen LogP contribution in [0.15, 0.2) is 6.07 Å². The maximum absolute atomic E-state index is 11.5. The number of hydrogen-bond donors (Lipinski definition) is 3. The first kappa shape index (κ1) is 17.0. The Morgan fingerprint density at radius 3 is 2.57 bits per heavy atom. The van der Waals surface area contributed by atoms with Crippen LogP contribution in [0.4, 0.5) is 4.79 Å². The molecule has 7 nitrogen and oxygen atoms in total. The lowest BCUT2D eigenvalue weighted by Crippen LogP contribution is -2.41. The Hall–Kier alpha value is -2.09. The molecule has 0 bridgehead atoms. The Balaban J connectivity index is 2.68. The first-order valence-corrected chi connectivity index (χ1v) is 7.24. The van der Waals surface area contributed by atoms with Crippen LogP contribution in [-0.2, 0) is 4.79 Å². The van der Waals surface area contributed by atoms with E-state index in [2.05, 4.69) is 10.6 Å². The van der Waals surface area contributed by atoms with Crippen LogP contribution < -0.4 is 15.4 Å². The minimum absolute atomic E-state index is 0.0458. The van der Waals surface area contributed by atoms with Crippen molar-refractivity contribution in [2.45, 2.75) is 26.7 Å². The predicted octanol–water partition coefficient (Wildman–Crippen LogP) is 1.79. The summed E-state index contributed by atoms with van der Waals surface area (Å²) < 4.78 is 5.21. The first-order valence-electron chi connectivity index (χ1n) is 6.42. The van der Waals surface area contributed by atoms with Crippen molar-refractivity contribution in [2.24, 2.45) is 0 Å². The number of carboxylic acid groups (broad SMARTS) is 1. The van der Waals surface area contributed by atoms with E-state index in [9.17, 15) is 14.4 Å². The van der Waals surface area contributed by atoms with Gasteiger partial charge in [0, 0.05) is 11.4 Å². The highest BCUT2D eigenvalue weighted by Gasteiger charge is 2.19. The number of amides is 3. The molecule has 1 aromatic rings. The molecule has 0 aromatic carbocycles. The Labute approximate surface area is 126 Å². The topological polar surface area (TPSA) is 105 Å². The number of nitrogens with one attached hydrogen (secondary N) is 2. The van der Waals surface area contributed by atoms with E-state index in [1.165, 1.54) is 0 Å². The predicted molar refractivity (Wildman–Crippen MR) is 78.1 cm³/mol. The zero-order valence-corrected chi connectivity index (χ0v) is 12.9. The molecule has 0 aliphatic carbocycles. The second-order valence-electron chi connectivity index (χ2n) is 4.50. The van der Waals surface area contributed by atoms with Gasteiger partial charge in [-0.05, 0) is 18.9 Å². The molecule has 1 aromatic heterocycles. The SMILES string of the molecule is CCNC(=O)NC(=O)COc1cc(C(C)C)sc1C(=O)O. The lowest BCUT2D eigenvalue weighted by Gasteiger charge is -2.06. The summed E-state index contributed by atoms with van der Waals surface area (Å²) >= 11 is 1.11. The van der Waals surface area contributed by atoms with Gasteiger partial charge in [-0.25, -0.2) is 9.59 Å². The van der Waals surface area contributed by atoms with Crippen molar-refractivity contribution in [3.05, 3.63) is 15.8 Å². The number of rotatable bonds is 6. The highest BCUT2D eigenvalue weighted by atomic mass is 32.1. The van der Waals surface area contributed by atoms with E-state index in [-0.39, 0.29) is 16.5 Å². The van der Waals surface area contributed by atoms with Crippen LogP contribution in [0, 0.1) is 0 Å². The highest BCUT2D eigenvalue weighted by Crippen LogP contribution is 2.33. The van der Waals surface area contributed by atoms with Gasteiger partial charge in [0.1, 0.15) is 5.75 Å². The van der Waals surface area contributed by atoms with Crippen molar-refractivity contribution in [3.8, 4) is 5.75 Å². The van der Waals surface area contributed by atoms with Gasteiger partial charge in [-0.1, -0.05) is 13.8 Å². The quantitative estimate of drug-likeness (QED) is 0.742. The van der Waals surface area contributed by atoms with Crippen LogP contribution in [-0.4, -0.2) is 36.2 Å². The Morgan fingerprint density at radius 1 is 1.38 bits per heavy atom. The minimum Gasteiger partial charge on any atom is -0.482 e. The number of imide groups is 1. The van der Waals surface area contributed by atoms with E-state index in [1.54, 1.807) is 13.0 Å². The van der Waals surface area contributed by atoms with Gasteiger partial charge >= 0.3 is 12.0 Å². The van der Waals surface area contributed by atoms with Crippen LogP contribution in [0.3, 0.4) is 0 Å². The van der Waals surface area contributed by atoms with Crippen LogP contribution in [0.5, 0.6) is 5.75 Å². The maximum atomic E-state index is 11.5. The molecular formula is C13H18N2O5S. The molecular weight excluding hydrogens is 296 g/mol. The smallest absolute Gasteiger partial charge is 0.349 e. The number of hydrogen-bond acceptors (Lipinski definition) is 5. The third kappa shape index (κ3) is 5.07. The van der Waals surface area contributed by atoms with Gasteiger partial charge in [0.25, 0.3) is 5.91 Å². The maximum Gasteiger partial charge on any atom is 0.349 e. The van der Waals surface area contributed by atoms with E-state index in [1.807, 2.05) is 13.8 Å². The summed E-state index contributed by atoms with van der Waals surface area (Å²) in [6.45, 7) is 5.56. The number of urea groups is 1. The molecule has 0 aliphatic rings. The molecule has 0 unspecified atom stereocenters. The zero-order valence-electron chi connectivity index (χ0n) is 12.1. The third-order valence-electron chi connectivity index (χ3n) is 2.43. The molecule has 0 saturated heterocycles. The van der Waals surface area contributed by atoms with Gasteiger partial charge in [0.15, 0.2) is 11.5 Å². The van der Waals surface area contributed by atoms with Crippen molar-refractivity contribution in [1.29, 1.82) is 0 Å². The Morgan fingerprint density at radius 2 is 2.05 bits per heavy atom. The van der Waals surface area contributed by atoms with Crippen molar-refractivity contribution in [2.75, 3.05) is 13.2 Å². The van der Waals surface area contributed by atoms with Crippen LogP contribution in [0.2, 0.25) is 0 Å². The minimum atomic E-state index is -1.11. The number of carbonyl (C=O) groups excluding carboxylic acids is 2. The van der Waals surface area contributed by atoms with E-state index >= 15 is 0 Å². The van der Waals surface area contributed by atoms with Gasteiger partial charge in [0.2, 0.25) is 0 Å². The summed E-state index contributed by atoms with van der Waals surface area (Å²) in [6.07, 6.45) is 0. The van der Waals surface area contributed by atoms with E-state index in [0.29, 0.717) is 6.54 Å². The fourth-order valence-corrected chi connectivity index (χ4v) is 2.39. The molecule has 0 fully saturated rings. The average molecular weight is 314 g/mol. The molecule has 0 spiro atoms. The van der Waals surface area contributed by atoms with Gasteiger partial charge in [-0.15, -0.1) is 11.3 Å². The van der Waals surface area contributed by atoms with Crippen LogP contribution >= 0.6 is 11.3 Å². The Bertz CT molecular complexity index is 539. The standard InChI is InChI=1S/C13H18N2O5S/c1-4-14-13(19)15-10(16)6-20-8-5-9(7(2)3)21-11(8)12(17)18/h5,7H,4,6H2,1-3H3,(H,17,18)(H2,14,15,16,19). The molecule has 0 aliphatic heterocycles. The molecule has 1 rings (SSSR count). The number of aromatic carboxylic acids is 1. The molecule has 3 N–H and O–H groups in total. The number of carboxylic acids is 1. The molecule has 116 valence electrons. The van der Waals surface area contributed by atoms with Crippen LogP contribution in [0.25, 0.3) is 0 Å². The number of thiophene rings is 1. The monoisotopic (exact) mass is 314 g/mol. The fraction of sp³-hybridized carbons (Fsp3) is 0.462. The molecule has 3 amide bonds. The molecule has 8 heteroatoms. The number of carbonyl (C=O) groups is 3. The van der Waals surface area contributed by atoms with E-state index in [4.69, 9.17) is 9.84 Å². The van der Waals surface area contributed by atoms with E-state index < -0.39 is 24.5 Å². The lowest BCUT2D eigenvalue weighted by molar-refractivity contribution is -0.122. The molecule has 0 saturated carbocycles. The average Bonchev–Trinajstić information content (AvgIpc) is 2.81. The van der Waals surface area contributed by atoms with Gasteiger partial charge in [-0.2, -0.15) is 0 Å². The molecule has 0 atom stereocenters. The van der Waals surface area contributed by atoms with E-state index in [0.717, 1.165) is 16.2 Å². The summed E-state index contributed by atoms with van der Waals surface area (Å²) in [7, 11) is 0. The van der Waals surface area contributed by atoms with Gasteiger partial charge in [-0.3, -0.25) is 10.1 Å². The Kier molecular flexibility index (Phi) is 6.16. The van der Waals surface area contributed by atoms with Crippen LogP contribution in [0.1, 0.15) is 41.2 Å². The summed E-state index contributed by atoms with van der Waals surface area (Å²) in [6, 6.07) is 0.996. The molecule has 1 heterocycles. The van der Waals surface area contributed by atoms with Gasteiger partial charge < -0.3 is 15.2 Å². The number of ether oxygens (including phenoxy) is 1. The van der Waals surface area contributed by atoms with Crippen molar-refractivity contribution in [1.82, 2.24) is 10.6 Å². The summed E-state index contributed by atoms with van der Waals surface area (Å²) in [5.74, 6) is -1.45. The summed E-state index contributed by atoms with van der Waals surface area (Å²) in [5, 5.41) is 13.6. The fourth-order valence-electron chi connectivity index (χ4n) is 1.44. The van der Waals surface area contributed by atoms with Crippen molar-refractivity contribution < 1.29 is 24.2 Å². The molecule has 21 heavy (non-hydrogen) atoms. The van der Waals surface area contributed by atoms with Crippen molar-refractivity contribution in [3.63, 3.8) is 0 Å². The highest BCUT2D eigenvalue weighted by molar-refractivity contribution is 7.14. The normalized spacial score (nSPS) is 10.3. The van der Waals surface area contributed by atoms with Crippen molar-refractivity contribution >= 4 is 29.2 Å². The first-order chi connectivity index (χ1) is 9.85. The zero-order chi connectivity index (χ0) is 16.0. The second kappa shape index (κ2) is 7.63. The largest absolute Gasteiger partial charge is 0.482 e. The third-order valence-corrected chi connectivity index (χ3v) is 3.83.